The summed E-state index contributed by atoms with van der Waals surface area (Å²) in [5.74, 6) is -0.485. The number of thioether (sulfide) groups is 1. The van der Waals surface area contributed by atoms with Crippen molar-refractivity contribution >= 4 is 51.5 Å². The van der Waals surface area contributed by atoms with Crippen molar-refractivity contribution in [1.82, 2.24) is 19.6 Å². The minimum atomic E-state index is -4.55. The number of rotatable bonds is 7. The average Bonchev–Trinajstić information content (AvgIpc) is 3.29. The van der Waals surface area contributed by atoms with Gasteiger partial charge in [-0.3, -0.25) is 19.2 Å². The normalized spacial score (nSPS) is 16.7. The molecule has 7 nitrogen and oxygen atoms in total. The zero-order valence-corrected chi connectivity index (χ0v) is 20.9. The van der Waals surface area contributed by atoms with E-state index in [2.05, 4.69) is 5.10 Å². The third kappa shape index (κ3) is 5.75. The van der Waals surface area contributed by atoms with E-state index in [9.17, 15) is 27.9 Å². The molecular weight excluding hydrogens is 517 g/mol. The number of hydrogen-bond acceptors (Lipinski definition) is 6. The molecule has 190 valence electrons. The van der Waals surface area contributed by atoms with E-state index in [1.807, 2.05) is 0 Å². The molecule has 0 unspecified atom stereocenters. The van der Waals surface area contributed by atoms with Crippen molar-refractivity contribution in [2.75, 3.05) is 27.2 Å². The second-order valence-corrected chi connectivity index (χ2v) is 10.1. The van der Waals surface area contributed by atoms with Crippen LogP contribution in [-0.2, 0) is 17.5 Å². The molecule has 3 aromatic rings. The van der Waals surface area contributed by atoms with Gasteiger partial charge in [-0.05, 0) is 67.3 Å². The van der Waals surface area contributed by atoms with Gasteiger partial charge in [-0.2, -0.15) is 18.3 Å². The minimum absolute atomic E-state index is 0.00216. The van der Waals surface area contributed by atoms with Gasteiger partial charge in [0.1, 0.15) is 0 Å². The van der Waals surface area contributed by atoms with Crippen LogP contribution in [0.1, 0.15) is 16.7 Å². The van der Waals surface area contributed by atoms with Gasteiger partial charge in [0, 0.05) is 17.0 Å². The summed E-state index contributed by atoms with van der Waals surface area (Å²) in [6.07, 6.45) is -2.32. The number of aromatic nitrogens is 2. The Hall–Kier alpha value is -2.86. The Bertz CT molecular complexity index is 1360. The largest absolute Gasteiger partial charge is 0.416 e. The van der Waals surface area contributed by atoms with Crippen molar-refractivity contribution in [3.63, 3.8) is 0 Å². The number of halogens is 4. The van der Waals surface area contributed by atoms with Crippen molar-refractivity contribution in [2.24, 2.45) is 0 Å². The fraction of sp³-hybridized carbons (Fsp3) is 0.292. The predicted octanol–water partition coefficient (Wildman–Crippen LogP) is 4.72. The molecule has 1 N–H and O–H groups in total. The lowest BCUT2D eigenvalue weighted by atomic mass is 10.1. The molecule has 0 bridgehead atoms. The molecule has 1 aromatic heterocycles. The lowest BCUT2D eigenvalue weighted by Gasteiger charge is -2.20. The van der Waals surface area contributed by atoms with Gasteiger partial charge >= 0.3 is 6.18 Å². The van der Waals surface area contributed by atoms with Gasteiger partial charge in [0.05, 0.1) is 41.4 Å². The molecule has 2 amide bonds. The Morgan fingerprint density at radius 2 is 1.94 bits per heavy atom. The maximum atomic E-state index is 13.5. The van der Waals surface area contributed by atoms with Crippen molar-refractivity contribution in [3.8, 4) is 0 Å². The molecule has 1 aliphatic heterocycles. The smallest absolute Gasteiger partial charge is 0.390 e. The molecule has 12 heteroatoms. The van der Waals surface area contributed by atoms with Crippen LogP contribution in [0.4, 0.5) is 18.0 Å². The Morgan fingerprint density at radius 1 is 1.19 bits per heavy atom. The number of aliphatic hydroxyl groups is 1. The highest BCUT2D eigenvalue weighted by molar-refractivity contribution is 8.18. The van der Waals surface area contributed by atoms with Crippen molar-refractivity contribution in [1.29, 1.82) is 0 Å². The predicted molar refractivity (Wildman–Crippen MR) is 133 cm³/mol. The van der Waals surface area contributed by atoms with Gasteiger partial charge in [0.2, 0.25) is 0 Å². The molecule has 0 saturated carbocycles. The van der Waals surface area contributed by atoms with E-state index in [-0.39, 0.29) is 28.6 Å². The number of aliphatic hydroxyl groups excluding tert-OH is 1. The Labute approximate surface area is 214 Å². The number of nitrogens with zero attached hydrogens (tertiary/aromatic N) is 4. The van der Waals surface area contributed by atoms with Crippen LogP contribution in [0.5, 0.6) is 0 Å². The first-order chi connectivity index (χ1) is 16.9. The third-order valence-corrected chi connectivity index (χ3v) is 6.65. The molecule has 0 spiro atoms. The van der Waals surface area contributed by atoms with Crippen LogP contribution in [0, 0.1) is 0 Å². The number of imide groups is 1. The Balaban J connectivity index is 1.55. The number of hydrogen-bond donors (Lipinski definition) is 1. The number of β-amino-alcohol motifs (C(OH)–C–C–N with tert-alkyl or cyclic N) is 1. The van der Waals surface area contributed by atoms with Gasteiger partial charge in [-0.1, -0.05) is 23.7 Å². The summed E-state index contributed by atoms with van der Waals surface area (Å²) in [7, 11) is 3.56. The van der Waals surface area contributed by atoms with Crippen molar-refractivity contribution < 1.29 is 27.9 Å². The summed E-state index contributed by atoms with van der Waals surface area (Å²) >= 11 is 6.56. The van der Waals surface area contributed by atoms with E-state index >= 15 is 0 Å². The highest BCUT2D eigenvalue weighted by Crippen LogP contribution is 2.35. The summed E-state index contributed by atoms with van der Waals surface area (Å²) in [6.45, 7) is 0.0988. The number of amides is 2. The first kappa shape index (κ1) is 26.2. The summed E-state index contributed by atoms with van der Waals surface area (Å²) in [6, 6.07) is 8.76. The Morgan fingerprint density at radius 3 is 2.64 bits per heavy atom. The lowest BCUT2D eigenvalue weighted by molar-refractivity contribution is -0.138. The molecule has 1 saturated heterocycles. The summed E-state index contributed by atoms with van der Waals surface area (Å²) < 4.78 is 41.8. The highest BCUT2D eigenvalue weighted by atomic mass is 35.5. The number of alkyl halides is 3. The van der Waals surface area contributed by atoms with Gasteiger partial charge in [0.25, 0.3) is 11.1 Å². The van der Waals surface area contributed by atoms with E-state index in [0.717, 1.165) is 22.7 Å². The SMILES string of the molecule is CN(C)C[C@H](O)CN1C(=O)S/C(=C\c2ccc3c(cnn3Cc3ccc(Cl)cc3C(F)(F)F)c2)C1=O. The second kappa shape index (κ2) is 10.3. The molecule has 0 aliphatic carbocycles. The van der Waals surface area contributed by atoms with Crippen LogP contribution >= 0.6 is 23.4 Å². The topological polar surface area (TPSA) is 78.7 Å². The molecular formula is C24H22ClF3N4O3S. The maximum absolute atomic E-state index is 13.5. The highest BCUT2D eigenvalue weighted by Gasteiger charge is 2.36. The molecule has 1 fully saturated rings. The quantitative estimate of drug-likeness (QED) is 0.439. The molecule has 1 aliphatic rings. The molecule has 36 heavy (non-hydrogen) atoms. The van der Waals surface area contributed by atoms with Gasteiger partial charge in [0.15, 0.2) is 0 Å². The van der Waals surface area contributed by atoms with E-state index < -0.39 is 29.0 Å². The minimum Gasteiger partial charge on any atom is -0.390 e. The summed E-state index contributed by atoms with van der Waals surface area (Å²) in [4.78, 5) is 28.0. The van der Waals surface area contributed by atoms with Gasteiger partial charge < -0.3 is 10.0 Å². The van der Waals surface area contributed by atoms with Crippen molar-refractivity contribution in [3.05, 3.63) is 69.2 Å². The van der Waals surface area contributed by atoms with Crippen LogP contribution in [-0.4, -0.2) is 69.1 Å². The number of carbonyl (C=O) groups excluding carboxylic acids is 2. The van der Waals surface area contributed by atoms with Gasteiger partial charge in [-0.15, -0.1) is 0 Å². The summed E-state index contributed by atoms with van der Waals surface area (Å²) in [5, 5.41) is 14.5. The van der Waals surface area contributed by atoms with Crippen LogP contribution < -0.4 is 0 Å². The molecule has 1 atom stereocenters. The summed E-state index contributed by atoms with van der Waals surface area (Å²) in [5.41, 5.74) is 0.451. The van der Waals surface area contributed by atoms with Crippen LogP contribution in [0.3, 0.4) is 0 Å². The zero-order chi connectivity index (χ0) is 26.2. The Kier molecular flexibility index (Phi) is 7.46. The van der Waals surface area contributed by atoms with Gasteiger partial charge in [-0.25, -0.2) is 0 Å². The molecule has 4 rings (SSSR count). The maximum Gasteiger partial charge on any atom is 0.416 e. The zero-order valence-electron chi connectivity index (χ0n) is 19.3. The fourth-order valence-corrected chi connectivity index (χ4v) is 4.95. The molecule has 0 radical (unpaired) electrons. The first-order valence-electron chi connectivity index (χ1n) is 10.8. The van der Waals surface area contributed by atoms with Crippen molar-refractivity contribution in [2.45, 2.75) is 18.8 Å². The number of fused-ring (bicyclic) bond motifs is 1. The fourth-order valence-electron chi connectivity index (χ4n) is 3.93. The third-order valence-electron chi connectivity index (χ3n) is 5.50. The monoisotopic (exact) mass is 538 g/mol. The van der Waals surface area contributed by atoms with Crippen LogP contribution in [0.15, 0.2) is 47.5 Å². The van der Waals surface area contributed by atoms with E-state index in [4.69, 9.17) is 11.6 Å². The number of carbonyl (C=O) groups is 2. The van der Waals surface area contributed by atoms with Crippen LogP contribution in [0.2, 0.25) is 5.02 Å². The first-order valence-corrected chi connectivity index (χ1v) is 12.0. The van der Waals surface area contributed by atoms with E-state index in [0.29, 0.717) is 23.0 Å². The lowest BCUT2D eigenvalue weighted by Crippen LogP contribution is -2.40. The van der Waals surface area contributed by atoms with E-state index in [1.165, 1.54) is 23.0 Å². The number of likely N-dealkylation sites (N-methyl/N-ethyl adjacent to an activating group) is 1. The molecule has 2 aromatic carbocycles. The standard InChI is InChI=1S/C24H22ClF3N4O3S/c1-30(2)12-18(33)13-31-22(34)21(36-23(31)35)8-14-3-6-20-16(7-14)10-29-32(20)11-15-4-5-17(25)9-19(15)24(26,27)28/h3-10,18,33H,11-13H2,1-2H3/b21-8-/t18-/m0/s1. The second-order valence-electron chi connectivity index (χ2n) is 8.63. The van der Waals surface area contributed by atoms with Crippen LogP contribution in [0.25, 0.3) is 17.0 Å². The average molecular weight is 539 g/mol. The number of benzene rings is 2. The van der Waals surface area contributed by atoms with E-state index in [1.54, 1.807) is 43.3 Å². The molecule has 2 heterocycles.